The molecule has 1 heteroatoms. The minimum absolute atomic E-state index is 0.531. The van der Waals surface area contributed by atoms with Crippen LogP contribution in [0.15, 0.2) is 12.7 Å². The Kier molecular flexibility index (Phi) is 4.61. The minimum atomic E-state index is 0.531. The van der Waals surface area contributed by atoms with Crippen LogP contribution in [0, 0.1) is 16.7 Å². The monoisotopic (exact) mass is 223 g/mol. The van der Waals surface area contributed by atoms with Crippen LogP contribution in [0.5, 0.6) is 0 Å². The van der Waals surface area contributed by atoms with Gasteiger partial charge in [0.2, 0.25) is 0 Å². The number of allylic oxidation sites excluding steroid dienone is 1. The maximum atomic E-state index is 3.74. The lowest BCUT2D eigenvalue weighted by Gasteiger charge is -2.05. The van der Waals surface area contributed by atoms with Crippen LogP contribution in [0.3, 0.4) is 0 Å². The molecule has 1 aliphatic carbocycles. The van der Waals surface area contributed by atoms with Gasteiger partial charge in [0.05, 0.1) is 0 Å². The number of unbranched alkanes of at least 4 members (excludes halogenated alkanes) is 3. The maximum absolute atomic E-state index is 3.74. The molecule has 1 fully saturated rings. The van der Waals surface area contributed by atoms with Gasteiger partial charge in [-0.2, -0.15) is 0 Å². The summed E-state index contributed by atoms with van der Waals surface area (Å²) in [6, 6.07) is 0. The molecule has 1 aliphatic rings. The number of nitrogens with one attached hydrogen (secondary N) is 1. The van der Waals surface area contributed by atoms with Crippen molar-refractivity contribution in [2.75, 3.05) is 13.1 Å². The Morgan fingerprint density at radius 1 is 1.06 bits per heavy atom. The van der Waals surface area contributed by atoms with Gasteiger partial charge in [0.15, 0.2) is 0 Å². The van der Waals surface area contributed by atoms with E-state index in [4.69, 9.17) is 0 Å². The molecule has 1 nitrogen and oxygen atoms in total. The molecule has 0 bridgehead atoms. The summed E-state index contributed by atoms with van der Waals surface area (Å²) in [5, 5.41) is 3.61. The molecule has 0 unspecified atom stereocenters. The van der Waals surface area contributed by atoms with E-state index in [1.54, 1.807) is 0 Å². The number of hydrogen-bond donors (Lipinski definition) is 1. The number of hydrogen-bond acceptors (Lipinski definition) is 1. The number of rotatable bonds is 8. The first-order valence-corrected chi connectivity index (χ1v) is 6.76. The van der Waals surface area contributed by atoms with Gasteiger partial charge in [-0.05, 0) is 49.1 Å². The molecule has 0 atom stereocenters. The fourth-order valence-electron chi connectivity index (χ4n) is 2.81. The van der Waals surface area contributed by atoms with Crippen molar-refractivity contribution in [3.63, 3.8) is 0 Å². The highest BCUT2D eigenvalue weighted by molar-refractivity contribution is 5.12. The average molecular weight is 223 g/mol. The summed E-state index contributed by atoms with van der Waals surface area (Å²) in [4.78, 5) is 0. The van der Waals surface area contributed by atoms with Gasteiger partial charge in [0.25, 0.3) is 0 Å². The lowest BCUT2D eigenvalue weighted by molar-refractivity contribution is 0.457. The van der Waals surface area contributed by atoms with Crippen LogP contribution in [0.4, 0.5) is 0 Å². The second kappa shape index (κ2) is 5.35. The first-order valence-electron chi connectivity index (χ1n) is 6.76. The summed E-state index contributed by atoms with van der Waals surface area (Å²) in [5.74, 6) is 0.855. The first kappa shape index (κ1) is 13.8. The van der Waals surface area contributed by atoms with Gasteiger partial charge in [-0.25, -0.2) is 0 Å². The Morgan fingerprint density at radius 2 is 1.69 bits per heavy atom. The van der Waals surface area contributed by atoms with Crippen molar-refractivity contribution in [3.05, 3.63) is 12.7 Å². The molecule has 0 aromatic rings. The molecule has 16 heavy (non-hydrogen) atoms. The zero-order valence-corrected chi connectivity index (χ0v) is 11.6. The highest BCUT2D eigenvalue weighted by Gasteiger charge is 2.63. The van der Waals surface area contributed by atoms with Crippen molar-refractivity contribution < 1.29 is 0 Å². The summed E-state index contributed by atoms with van der Waals surface area (Å²) in [5.41, 5.74) is 1.06. The van der Waals surface area contributed by atoms with Gasteiger partial charge in [0.1, 0.15) is 0 Å². The van der Waals surface area contributed by atoms with E-state index in [0.29, 0.717) is 10.8 Å². The maximum Gasteiger partial charge on any atom is -0.000989 e. The molecular formula is C15H29N. The highest BCUT2D eigenvalue weighted by atomic mass is 14.9. The van der Waals surface area contributed by atoms with Crippen LogP contribution < -0.4 is 5.32 Å². The van der Waals surface area contributed by atoms with Crippen molar-refractivity contribution in [3.8, 4) is 0 Å². The second-order valence-corrected chi connectivity index (χ2v) is 6.34. The van der Waals surface area contributed by atoms with E-state index in [1.165, 1.54) is 38.8 Å². The second-order valence-electron chi connectivity index (χ2n) is 6.34. The van der Waals surface area contributed by atoms with E-state index in [1.807, 2.05) is 6.08 Å². The summed E-state index contributed by atoms with van der Waals surface area (Å²) in [6.45, 7) is 15.7. The van der Waals surface area contributed by atoms with Crippen LogP contribution in [0.1, 0.15) is 53.4 Å². The third kappa shape index (κ3) is 2.88. The van der Waals surface area contributed by atoms with E-state index in [2.05, 4.69) is 39.6 Å². The van der Waals surface area contributed by atoms with Gasteiger partial charge >= 0.3 is 0 Å². The van der Waals surface area contributed by atoms with Gasteiger partial charge < -0.3 is 5.32 Å². The fraction of sp³-hybridized carbons (Fsp3) is 0.867. The summed E-state index contributed by atoms with van der Waals surface area (Å²) in [6.07, 6.45) is 7.12. The van der Waals surface area contributed by atoms with E-state index < -0.39 is 0 Å². The van der Waals surface area contributed by atoms with Crippen LogP contribution in [-0.4, -0.2) is 13.1 Å². The summed E-state index contributed by atoms with van der Waals surface area (Å²) >= 11 is 0. The molecule has 1 saturated carbocycles. The van der Waals surface area contributed by atoms with Gasteiger partial charge in [-0.3, -0.25) is 0 Å². The molecule has 0 aromatic heterocycles. The average Bonchev–Trinajstić information content (AvgIpc) is 2.58. The third-order valence-electron chi connectivity index (χ3n) is 4.93. The molecule has 0 amide bonds. The Balaban J connectivity index is 1.99. The molecule has 0 spiro atoms. The van der Waals surface area contributed by atoms with E-state index in [0.717, 1.165) is 5.92 Å². The first-order chi connectivity index (χ1) is 7.44. The quantitative estimate of drug-likeness (QED) is 0.484. The van der Waals surface area contributed by atoms with Crippen LogP contribution in [-0.2, 0) is 0 Å². The molecule has 94 valence electrons. The minimum Gasteiger partial charge on any atom is -0.316 e. The normalized spacial score (nSPS) is 22.0. The van der Waals surface area contributed by atoms with Crippen molar-refractivity contribution in [1.82, 2.24) is 5.32 Å². The smallest absolute Gasteiger partial charge is 0.000989 e. The fourth-order valence-corrected chi connectivity index (χ4v) is 2.81. The SMILES string of the molecule is C=CCCCCCNCC1C(C)(C)C1(C)C. The van der Waals surface area contributed by atoms with Gasteiger partial charge in [0, 0.05) is 0 Å². The predicted molar refractivity (Wildman–Crippen MR) is 72.6 cm³/mol. The lowest BCUT2D eigenvalue weighted by Crippen LogP contribution is -2.20. The lowest BCUT2D eigenvalue weighted by atomic mass is 10.0. The largest absolute Gasteiger partial charge is 0.316 e. The van der Waals surface area contributed by atoms with E-state index in [9.17, 15) is 0 Å². The summed E-state index contributed by atoms with van der Waals surface area (Å²) in [7, 11) is 0. The van der Waals surface area contributed by atoms with Crippen molar-refractivity contribution >= 4 is 0 Å². The molecule has 0 aliphatic heterocycles. The molecular weight excluding hydrogens is 194 g/mol. The Labute approximate surface area is 102 Å². The van der Waals surface area contributed by atoms with Crippen molar-refractivity contribution in [2.24, 2.45) is 16.7 Å². The van der Waals surface area contributed by atoms with Gasteiger partial charge in [-0.15, -0.1) is 6.58 Å². The predicted octanol–water partition coefficient (Wildman–Crippen LogP) is 4.00. The van der Waals surface area contributed by atoms with Crippen LogP contribution in [0.25, 0.3) is 0 Å². The molecule has 1 N–H and O–H groups in total. The van der Waals surface area contributed by atoms with Crippen LogP contribution in [0.2, 0.25) is 0 Å². The van der Waals surface area contributed by atoms with Crippen molar-refractivity contribution in [2.45, 2.75) is 53.4 Å². The summed E-state index contributed by atoms with van der Waals surface area (Å²) < 4.78 is 0. The zero-order chi connectivity index (χ0) is 12.2. The van der Waals surface area contributed by atoms with Crippen molar-refractivity contribution in [1.29, 1.82) is 0 Å². The topological polar surface area (TPSA) is 12.0 Å². The standard InChI is InChI=1S/C15H29N/c1-6-7-8-9-10-11-16-12-13-14(2,3)15(13,4)5/h6,13,16H,1,7-12H2,2-5H3. The Bertz CT molecular complexity index is 214. The van der Waals surface area contributed by atoms with Crippen LogP contribution >= 0.6 is 0 Å². The Morgan fingerprint density at radius 3 is 2.19 bits per heavy atom. The van der Waals surface area contributed by atoms with E-state index in [-0.39, 0.29) is 0 Å². The highest BCUT2D eigenvalue weighted by Crippen LogP contribution is 2.67. The molecule has 1 rings (SSSR count). The van der Waals surface area contributed by atoms with Gasteiger partial charge in [-0.1, -0.05) is 40.2 Å². The van der Waals surface area contributed by atoms with E-state index >= 15 is 0 Å². The Hall–Kier alpha value is -0.300. The molecule has 0 aromatic carbocycles. The molecule has 0 heterocycles. The third-order valence-corrected chi connectivity index (χ3v) is 4.93. The molecule has 0 radical (unpaired) electrons. The molecule has 0 saturated heterocycles. The zero-order valence-electron chi connectivity index (χ0n) is 11.6.